The normalized spacial score (nSPS) is 14.0. The van der Waals surface area contributed by atoms with Crippen LogP contribution in [0.2, 0.25) is 0 Å². The molecule has 2 aromatic heterocycles. The number of ether oxygens (including phenoxy) is 1. The SMILES string of the molecule is COC(=O)c1c(C2CC2)csc1NC(=O)c1scnc1C. The maximum absolute atomic E-state index is 12.3. The Kier molecular flexibility index (Phi) is 3.77. The van der Waals surface area contributed by atoms with Crippen LogP contribution in [0, 0.1) is 6.92 Å². The summed E-state index contributed by atoms with van der Waals surface area (Å²) in [5, 5.41) is 5.32. The van der Waals surface area contributed by atoms with Crippen LogP contribution >= 0.6 is 22.7 Å². The molecular weight excluding hydrogens is 308 g/mol. The molecule has 21 heavy (non-hydrogen) atoms. The van der Waals surface area contributed by atoms with E-state index in [2.05, 4.69) is 10.3 Å². The zero-order valence-electron chi connectivity index (χ0n) is 11.6. The Morgan fingerprint density at radius 1 is 1.38 bits per heavy atom. The predicted octanol–water partition coefficient (Wildman–Crippen LogP) is 3.43. The number of carbonyl (C=O) groups is 2. The highest BCUT2D eigenvalue weighted by Gasteiger charge is 2.32. The van der Waals surface area contributed by atoms with E-state index in [1.165, 1.54) is 29.8 Å². The van der Waals surface area contributed by atoms with Gasteiger partial charge in [0.15, 0.2) is 0 Å². The largest absolute Gasteiger partial charge is 0.465 e. The second-order valence-corrected chi connectivity index (χ2v) is 6.62. The van der Waals surface area contributed by atoms with E-state index in [4.69, 9.17) is 4.74 Å². The van der Waals surface area contributed by atoms with Crippen LogP contribution in [0.4, 0.5) is 5.00 Å². The number of hydrogen-bond donors (Lipinski definition) is 1. The minimum atomic E-state index is -0.394. The standard InChI is InChI=1S/C14H14N2O3S2/c1-7-11(21-6-15-7)12(17)16-13-10(14(18)19-2)9(5-20-13)8-3-4-8/h5-6,8H,3-4H2,1-2H3,(H,16,17). The Morgan fingerprint density at radius 3 is 2.71 bits per heavy atom. The van der Waals surface area contributed by atoms with E-state index in [0.717, 1.165) is 18.4 Å². The van der Waals surface area contributed by atoms with E-state index in [-0.39, 0.29) is 5.91 Å². The number of aromatic nitrogens is 1. The molecule has 0 radical (unpaired) electrons. The van der Waals surface area contributed by atoms with E-state index >= 15 is 0 Å². The summed E-state index contributed by atoms with van der Waals surface area (Å²) in [6, 6.07) is 0. The fourth-order valence-corrected chi connectivity index (χ4v) is 3.87. The number of rotatable bonds is 4. The van der Waals surface area contributed by atoms with Crippen molar-refractivity contribution in [3.8, 4) is 0 Å². The minimum Gasteiger partial charge on any atom is -0.465 e. The van der Waals surface area contributed by atoms with Gasteiger partial charge in [-0.1, -0.05) is 0 Å². The highest BCUT2D eigenvalue weighted by Crippen LogP contribution is 2.46. The summed E-state index contributed by atoms with van der Waals surface area (Å²) in [7, 11) is 1.36. The molecule has 1 N–H and O–H groups in total. The molecule has 1 saturated carbocycles. The van der Waals surface area contributed by atoms with E-state index in [0.29, 0.717) is 27.1 Å². The molecule has 0 aliphatic heterocycles. The van der Waals surface area contributed by atoms with Crippen LogP contribution in [0.15, 0.2) is 10.9 Å². The van der Waals surface area contributed by atoms with Gasteiger partial charge in [0.1, 0.15) is 9.88 Å². The fourth-order valence-electron chi connectivity index (χ4n) is 2.15. The van der Waals surface area contributed by atoms with Crippen LogP contribution in [0.25, 0.3) is 0 Å². The summed E-state index contributed by atoms with van der Waals surface area (Å²) in [4.78, 5) is 28.9. The lowest BCUT2D eigenvalue weighted by molar-refractivity contribution is 0.0601. The third-order valence-corrected chi connectivity index (χ3v) is 5.25. The molecule has 0 atom stereocenters. The van der Waals surface area contributed by atoms with E-state index in [1.54, 1.807) is 12.4 Å². The van der Waals surface area contributed by atoms with E-state index in [9.17, 15) is 9.59 Å². The average molecular weight is 322 g/mol. The van der Waals surface area contributed by atoms with Gasteiger partial charge in [0.25, 0.3) is 5.91 Å². The number of anilines is 1. The third-order valence-electron chi connectivity index (χ3n) is 3.40. The Balaban J connectivity index is 1.90. The third kappa shape index (κ3) is 2.71. The first-order chi connectivity index (χ1) is 10.1. The van der Waals surface area contributed by atoms with Crippen molar-refractivity contribution in [2.45, 2.75) is 25.7 Å². The summed E-state index contributed by atoms with van der Waals surface area (Å²) in [5.41, 5.74) is 3.81. The monoisotopic (exact) mass is 322 g/mol. The van der Waals surface area contributed by atoms with Crippen molar-refractivity contribution in [1.29, 1.82) is 0 Å². The summed E-state index contributed by atoms with van der Waals surface area (Å²) in [6.45, 7) is 1.79. The molecule has 1 aliphatic rings. The van der Waals surface area contributed by atoms with Crippen molar-refractivity contribution in [2.75, 3.05) is 12.4 Å². The maximum atomic E-state index is 12.3. The highest BCUT2D eigenvalue weighted by atomic mass is 32.1. The van der Waals surface area contributed by atoms with Gasteiger partial charge in [0, 0.05) is 0 Å². The topological polar surface area (TPSA) is 68.3 Å². The van der Waals surface area contributed by atoms with E-state index in [1.807, 2.05) is 5.38 Å². The Hall–Kier alpha value is -1.73. The number of methoxy groups -OCH3 is 1. The lowest BCUT2D eigenvalue weighted by atomic mass is 10.1. The molecule has 0 bridgehead atoms. The summed E-state index contributed by atoms with van der Waals surface area (Å²) < 4.78 is 4.86. The van der Waals surface area contributed by atoms with Crippen LogP contribution < -0.4 is 5.32 Å². The van der Waals surface area contributed by atoms with Crippen LogP contribution in [-0.2, 0) is 4.74 Å². The van der Waals surface area contributed by atoms with Gasteiger partial charge >= 0.3 is 5.97 Å². The molecule has 2 heterocycles. The van der Waals surface area contributed by atoms with Crippen LogP contribution in [-0.4, -0.2) is 24.0 Å². The second-order valence-electron chi connectivity index (χ2n) is 4.88. The molecule has 1 amide bonds. The quantitative estimate of drug-likeness (QED) is 0.876. The average Bonchev–Trinajstić information content (AvgIpc) is 3.10. The number of carbonyl (C=O) groups excluding carboxylic acids is 2. The number of thiazole rings is 1. The summed E-state index contributed by atoms with van der Waals surface area (Å²) in [5.74, 6) is -0.204. The molecule has 1 fully saturated rings. The van der Waals surface area contributed by atoms with Gasteiger partial charge in [-0.3, -0.25) is 4.79 Å². The Morgan fingerprint density at radius 2 is 2.14 bits per heavy atom. The number of nitrogens with zero attached hydrogens (tertiary/aromatic N) is 1. The van der Waals surface area contributed by atoms with Gasteiger partial charge in [0.2, 0.25) is 0 Å². The van der Waals surface area contributed by atoms with Gasteiger partial charge in [0.05, 0.1) is 23.9 Å². The smallest absolute Gasteiger partial charge is 0.341 e. The molecule has 2 aromatic rings. The van der Waals surface area contributed by atoms with Crippen LogP contribution in [0.1, 0.15) is 50.0 Å². The molecule has 0 saturated heterocycles. The van der Waals surface area contributed by atoms with Crippen molar-refractivity contribution < 1.29 is 14.3 Å². The van der Waals surface area contributed by atoms with Crippen LogP contribution in [0.3, 0.4) is 0 Å². The van der Waals surface area contributed by atoms with Gasteiger partial charge in [-0.25, -0.2) is 9.78 Å². The molecule has 0 aromatic carbocycles. The van der Waals surface area contributed by atoms with Gasteiger partial charge in [-0.15, -0.1) is 22.7 Å². The van der Waals surface area contributed by atoms with Crippen LogP contribution in [0.5, 0.6) is 0 Å². The molecule has 1 aliphatic carbocycles. The zero-order valence-corrected chi connectivity index (χ0v) is 13.3. The van der Waals surface area contributed by atoms with Crippen molar-refractivity contribution in [3.05, 3.63) is 32.6 Å². The van der Waals surface area contributed by atoms with Crippen molar-refractivity contribution in [1.82, 2.24) is 4.98 Å². The van der Waals surface area contributed by atoms with Gasteiger partial charge in [-0.2, -0.15) is 0 Å². The summed E-state index contributed by atoms with van der Waals surface area (Å²) >= 11 is 2.66. The lowest BCUT2D eigenvalue weighted by Gasteiger charge is -2.06. The maximum Gasteiger partial charge on any atom is 0.341 e. The highest BCUT2D eigenvalue weighted by molar-refractivity contribution is 7.15. The Labute approximate surface area is 130 Å². The van der Waals surface area contributed by atoms with Gasteiger partial charge < -0.3 is 10.1 Å². The number of thiophene rings is 1. The molecule has 3 rings (SSSR count). The number of aryl methyl sites for hydroxylation is 1. The molecule has 7 heteroatoms. The number of amides is 1. The first-order valence-electron chi connectivity index (χ1n) is 6.53. The minimum absolute atomic E-state index is 0.232. The summed E-state index contributed by atoms with van der Waals surface area (Å²) in [6.07, 6.45) is 2.17. The zero-order chi connectivity index (χ0) is 15.0. The number of hydrogen-bond acceptors (Lipinski definition) is 6. The molecule has 0 spiro atoms. The number of esters is 1. The van der Waals surface area contributed by atoms with E-state index < -0.39 is 5.97 Å². The lowest BCUT2D eigenvalue weighted by Crippen LogP contribution is -2.14. The van der Waals surface area contributed by atoms with Gasteiger partial charge in [-0.05, 0) is 36.6 Å². The molecular formula is C14H14N2O3S2. The predicted molar refractivity (Wildman–Crippen MR) is 82.4 cm³/mol. The molecule has 5 nitrogen and oxygen atoms in total. The number of nitrogens with one attached hydrogen (secondary N) is 1. The Bertz CT molecular complexity index is 701. The molecule has 0 unspecified atom stereocenters. The van der Waals surface area contributed by atoms with Crippen molar-refractivity contribution in [2.24, 2.45) is 0 Å². The fraction of sp³-hybridized carbons (Fsp3) is 0.357. The second kappa shape index (κ2) is 5.57. The first-order valence-corrected chi connectivity index (χ1v) is 8.29. The molecule has 110 valence electrons. The van der Waals surface area contributed by atoms with Crippen molar-refractivity contribution >= 4 is 39.6 Å². The first kappa shape index (κ1) is 14.2. The van der Waals surface area contributed by atoms with Crippen molar-refractivity contribution in [3.63, 3.8) is 0 Å².